The van der Waals surface area contributed by atoms with E-state index in [2.05, 4.69) is 131 Å². The van der Waals surface area contributed by atoms with Gasteiger partial charge in [-0.3, -0.25) is 15.0 Å². The third-order valence-corrected chi connectivity index (χ3v) is 8.07. The molecule has 0 amide bonds. The molecule has 0 atom stereocenters. The molecule has 44 heavy (non-hydrogen) atoms. The molecule has 0 bridgehead atoms. The van der Waals surface area contributed by atoms with Crippen molar-refractivity contribution in [2.45, 2.75) is 0 Å². The zero-order chi connectivity index (χ0) is 29.9. The van der Waals surface area contributed by atoms with Crippen LogP contribution in [0.15, 0.2) is 164 Å². The highest BCUT2D eigenvalue weighted by atomic mass is 14.7. The molecule has 3 nitrogen and oxygen atoms in total. The molecule has 2 aromatic heterocycles. The molecule has 2 heterocycles. The van der Waals surface area contributed by atoms with E-state index in [0.717, 1.165) is 22.0 Å². The normalized spacial score (nSPS) is 11.3. The van der Waals surface area contributed by atoms with Crippen LogP contribution in [0.5, 0.6) is 0 Å². The average molecular weight is 564 g/mol. The van der Waals surface area contributed by atoms with E-state index in [1.807, 2.05) is 30.7 Å². The minimum absolute atomic E-state index is 1.04. The average Bonchev–Trinajstić information content (AvgIpc) is 3.10. The van der Waals surface area contributed by atoms with Gasteiger partial charge >= 0.3 is 0 Å². The predicted molar refractivity (Wildman–Crippen MR) is 188 cm³/mol. The van der Waals surface area contributed by atoms with Crippen molar-refractivity contribution in [1.82, 2.24) is 9.97 Å². The lowest BCUT2D eigenvalue weighted by Crippen LogP contribution is -1.90. The Labute approximate surface area is 256 Å². The number of benzene rings is 6. The van der Waals surface area contributed by atoms with Crippen LogP contribution in [-0.4, -0.2) is 16.2 Å². The number of fused-ring (bicyclic) bond motifs is 1. The minimum Gasteiger partial charge on any atom is -0.265 e. The van der Waals surface area contributed by atoms with Crippen molar-refractivity contribution in [3.05, 3.63) is 159 Å². The van der Waals surface area contributed by atoms with Crippen LogP contribution in [0.3, 0.4) is 0 Å². The topological polar surface area (TPSA) is 38.1 Å². The van der Waals surface area contributed by atoms with Crippen LogP contribution in [0.1, 0.15) is 0 Å². The molecule has 8 aromatic rings. The summed E-state index contributed by atoms with van der Waals surface area (Å²) >= 11 is 0. The first-order chi connectivity index (χ1) is 21.8. The number of allylic oxidation sites excluding steroid dienone is 1. The molecule has 0 saturated carbocycles. The molecule has 3 heteroatoms. The first-order valence-corrected chi connectivity index (χ1v) is 14.6. The third-order valence-electron chi connectivity index (χ3n) is 8.07. The molecule has 8 rings (SSSR count). The smallest absolute Gasteiger partial charge is 0.0780 e. The highest BCUT2D eigenvalue weighted by Gasteiger charge is 2.15. The third kappa shape index (κ3) is 4.81. The highest BCUT2D eigenvalue weighted by molar-refractivity contribution is 6.27. The number of para-hydroxylation sites is 1. The van der Waals surface area contributed by atoms with Crippen LogP contribution in [0, 0.1) is 0 Å². The fourth-order valence-corrected chi connectivity index (χ4v) is 6.11. The number of hydrogen-bond donors (Lipinski definition) is 0. The van der Waals surface area contributed by atoms with E-state index in [1.54, 1.807) is 12.3 Å². The number of nitrogens with zero attached hydrogens (tertiary/aromatic N) is 3. The van der Waals surface area contributed by atoms with E-state index in [0.29, 0.717) is 0 Å². The Kier molecular flexibility index (Phi) is 7.19. The van der Waals surface area contributed by atoms with E-state index in [4.69, 9.17) is 0 Å². The maximum Gasteiger partial charge on any atom is 0.0780 e. The van der Waals surface area contributed by atoms with Gasteiger partial charge in [-0.2, -0.15) is 0 Å². The Morgan fingerprint density at radius 3 is 1.75 bits per heavy atom. The van der Waals surface area contributed by atoms with Gasteiger partial charge in [0, 0.05) is 47.5 Å². The molecule has 208 valence electrons. The Morgan fingerprint density at radius 2 is 1.14 bits per heavy atom. The fourth-order valence-electron chi connectivity index (χ4n) is 6.11. The number of aliphatic imine (C=N–C) groups is 1. The first kappa shape index (κ1) is 26.9. The summed E-state index contributed by atoms with van der Waals surface area (Å²) in [5.41, 5.74) is 8.20. The van der Waals surface area contributed by atoms with Crippen molar-refractivity contribution in [3.8, 4) is 33.4 Å². The van der Waals surface area contributed by atoms with E-state index >= 15 is 0 Å². The van der Waals surface area contributed by atoms with Crippen molar-refractivity contribution in [2.24, 2.45) is 4.99 Å². The Morgan fingerprint density at radius 1 is 0.523 bits per heavy atom. The SMILES string of the molecule is C=CC=NC=C.c1cncc(-c2ccc3ccc4c(-c5ccc(-c6cccc7cccnc67)cc5)ccc5ccc2c3c54)c1. The Balaban J connectivity index is 0.000000477. The van der Waals surface area contributed by atoms with E-state index in [9.17, 15) is 0 Å². The van der Waals surface area contributed by atoms with Gasteiger partial charge in [0.25, 0.3) is 0 Å². The molecular weight excluding hydrogens is 534 g/mol. The van der Waals surface area contributed by atoms with Crippen molar-refractivity contribution in [3.63, 3.8) is 0 Å². The van der Waals surface area contributed by atoms with Crippen molar-refractivity contribution in [1.29, 1.82) is 0 Å². The maximum atomic E-state index is 4.65. The lowest BCUT2D eigenvalue weighted by Gasteiger charge is -2.16. The quantitative estimate of drug-likeness (QED) is 0.154. The summed E-state index contributed by atoms with van der Waals surface area (Å²) in [6, 6.07) is 41.6. The van der Waals surface area contributed by atoms with Gasteiger partial charge in [-0.15, -0.1) is 0 Å². The largest absolute Gasteiger partial charge is 0.265 e. The Bertz CT molecular complexity index is 2280. The molecule has 0 spiro atoms. The van der Waals surface area contributed by atoms with Crippen LogP contribution in [0.25, 0.3) is 76.6 Å². The summed E-state index contributed by atoms with van der Waals surface area (Å²) in [6.45, 7) is 6.75. The number of pyridine rings is 2. The monoisotopic (exact) mass is 563 g/mol. The van der Waals surface area contributed by atoms with Gasteiger partial charge in [0.1, 0.15) is 0 Å². The molecule has 0 N–H and O–H groups in total. The van der Waals surface area contributed by atoms with Crippen molar-refractivity contribution >= 4 is 49.4 Å². The molecule has 6 aromatic carbocycles. The van der Waals surface area contributed by atoms with Gasteiger partial charge in [0.05, 0.1) is 5.52 Å². The van der Waals surface area contributed by atoms with Crippen molar-refractivity contribution in [2.75, 3.05) is 0 Å². The second-order valence-corrected chi connectivity index (χ2v) is 10.6. The summed E-state index contributed by atoms with van der Waals surface area (Å²) in [6.07, 6.45) is 10.3. The van der Waals surface area contributed by atoms with Gasteiger partial charge in [-0.1, -0.05) is 122 Å². The van der Waals surface area contributed by atoms with Gasteiger partial charge in [0.15, 0.2) is 0 Å². The Hall–Kier alpha value is -5.93. The maximum absolute atomic E-state index is 4.65. The molecule has 0 saturated heterocycles. The molecule has 0 aliphatic carbocycles. The highest BCUT2D eigenvalue weighted by Crippen LogP contribution is 2.42. The van der Waals surface area contributed by atoms with Gasteiger partial charge in [-0.05, 0) is 66.7 Å². The van der Waals surface area contributed by atoms with E-state index in [1.165, 1.54) is 60.8 Å². The van der Waals surface area contributed by atoms with Crippen LogP contribution in [0.4, 0.5) is 0 Å². The van der Waals surface area contributed by atoms with Gasteiger partial charge in [-0.25, -0.2) is 0 Å². The molecule has 0 fully saturated rings. The minimum atomic E-state index is 1.04. The second-order valence-electron chi connectivity index (χ2n) is 10.6. The van der Waals surface area contributed by atoms with Crippen LogP contribution in [0.2, 0.25) is 0 Å². The zero-order valence-corrected chi connectivity index (χ0v) is 24.2. The molecule has 0 aliphatic heterocycles. The lowest BCUT2D eigenvalue weighted by molar-refractivity contribution is 1.33. The van der Waals surface area contributed by atoms with Crippen LogP contribution in [-0.2, 0) is 0 Å². The second kappa shape index (κ2) is 11.7. The first-order valence-electron chi connectivity index (χ1n) is 14.6. The van der Waals surface area contributed by atoms with Gasteiger partial charge in [0.2, 0.25) is 0 Å². The summed E-state index contributed by atoms with van der Waals surface area (Å²) in [5.74, 6) is 0. The molecular formula is C41H29N3. The standard InChI is InChI=1S/C36H22N2.C5H7N/c1-4-27-5-3-21-38-36(27)31(7-1)24-10-8-23(9-11-24)29-16-12-25-15-19-33-30(28-6-2-20-37-22-28)17-13-26-14-18-32(29)34(25)35(26)33;1-3-5-6-4-2/h1-22H;3-5H,1-2H2. The summed E-state index contributed by atoms with van der Waals surface area (Å²) in [7, 11) is 0. The molecule has 0 aliphatic rings. The van der Waals surface area contributed by atoms with Crippen LogP contribution < -0.4 is 0 Å². The summed E-state index contributed by atoms with van der Waals surface area (Å²) in [4.78, 5) is 12.6. The molecule has 0 radical (unpaired) electrons. The summed E-state index contributed by atoms with van der Waals surface area (Å²) < 4.78 is 0. The fraction of sp³-hybridized carbons (Fsp3) is 0. The molecule has 0 unspecified atom stereocenters. The van der Waals surface area contributed by atoms with Crippen molar-refractivity contribution < 1.29 is 0 Å². The van der Waals surface area contributed by atoms with Gasteiger partial charge < -0.3 is 0 Å². The number of rotatable bonds is 5. The van der Waals surface area contributed by atoms with E-state index in [-0.39, 0.29) is 0 Å². The summed E-state index contributed by atoms with van der Waals surface area (Å²) in [5, 5.41) is 8.89. The number of hydrogen-bond acceptors (Lipinski definition) is 3. The zero-order valence-electron chi connectivity index (χ0n) is 24.2. The lowest BCUT2D eigenvalue weighted by atomic mass is 9.87. The van der Waals surface area contributed by atoms with Crippen LogP contribution >= 0.6 is 0 Å². The predicted octanol–water partition coefficient (Wildman–Crippen LogP) is 10.9. The number of aromatic nitrogens is 2. The van der Waals surface area contributed by atoms with E-state index < -0.39 is 0 Å².